The Bertz CT molecular complexity index is 937. The Morgan fingerprint density at radius 1 is 0.742 bits per heavy atom. The standard InChI is InChI=1S/C26H29BFO2Si/c1-25(2)26(3,4)30-27(29-25)24(19-20-15-17-21(28)18-16-20)31(22-11-7-5-8-12-22)23-13-9-6-10-14-23/h5-18,24H,19H2,1-4H3/t24-/m1/s1. The Hall–Kier alpha value is -2.21. The van der Waals surface area contributed by atoms with E-state index in [9.17, 15) is 4.39 Å². The minimum absolute atomic E-state index is 0.112. The summed E-state index contributed by atoms with van der Waals surface area (Å²) < 4.78 is 26.7. The van der Waals surface area contributed by atoms with E-state index in [0.29, 0.717) is 0 Å². The number of hydrogen-bond acceptors (Lipinski definition) is 2. The molecule has 0 unspecified atom stereocenters. The third-order valence-corrected chi connectivity index (χ3v) is 9.64. The van der Waals surface area contributed by atoms with Gasteiger partial charge in [0.15, 0.2) is 0 Å². The van der Waals surface area contributed by atoms with Crippen molar-refractivity contribution < 1.29 is 13.7 Å². The van der Waals surface area contributed by atoms with Crippen molar-refractivity contribution >= 4 is 26.3 Å². The smallest absolute Gasteiger partial charge is 0.403 e. The molecule has 0 N–H and O–H groups in total. The van der Waals surface area contributed by atoms with E-state index in [1.54, 1.807) is 0 Å². The molecule has 0 bridgehead atoms. The van der Waals surface area contributed by atoms with Crippen molar-refractivity contribution in [1.29, 1.82) is 0 Å². The third-order valence-electron chi connectivity index (χ3n) is 6.51. The van der Waals surface area contributed by atoms with Crippen molar-refractivity contribution in [3.63, 3.8) is 0 Å². The van der Waals surface area contributed by atoms with Gasteiger partial charge in [-0.2, -0.15) is 0 Å². The highest BCUT2D eigenvalue weighted by molar-refractivity contribution is 6.93. The largest absolute Gasteiger partial charge is 0.459 e. The number of hydrogen-bond donors (Lipinski definition) is 0. The first kappa shape index (κ1) is 22.0. The lowest BCUT2D eigenvalue weighted by Crippen LogP contribution is -2.52. The molecule has 3 aromatic rings. The van der Waals surface area contributed by atoms with Gasteiger partial charge in [-0.3, -0.25) is 0 Å². The van der Waals surface area contributed by atoms with E-state index in [-0.39, 0.29) is 18.4 Å². The lowest BCUT2D eigenvalue weighted by atomic mass is 9.80. The molecular weight excluding hydrogens is 402 g/mol. The summed E-state index contributed by atoms with van der Waals surface area (Å²) in [5.41, 5.74) is 0.398. The van der Waals surface area contributed by atoms with Crippen LogP contribution in [0.25, 0.3) is 0 Å². The van der Waals surface area contributed by atoms with Gasteiger partial charge in [-0.25, -0.2) is 4.39 Å². The van der Waals surface area contributed by atoms with Gasteiger partial charge >= 0.3 is 7.12 Å². The minimum atomic E-state index is -1.27. The predicted molar refractivity (Wildman–Crippen MR) is 128 cm³/mol. The Morgan fingerprint density at radius 2 is 1.19 bits per heavy atom. The topological polar surface area (TPSA) is 18.5 Å². The molecular formula is C26H29BFO2Si. The Labute approximate surface area is 187 Å². The highest BCUT2D eigenvalue weighted by atomic mass is 28.3. The molecule has 0 saturated carbocycles. The third kappa shape index (κ3) is 4.69. The number of halogens is 1. The summed E-state index contributed by atoms with van der Waals surface area (Å²) in [5, 5.41) is 2.64. The maximum atomic E-state index is 13.6. The highest BCUT2D eigenvalue weighted by Crippen LogP contribution is 2.41. The SMILES string of the molecule is CC1(C)OB([C@@H](Cc2ccc(F)cc2)[Si](c2ccccc2)c2ccccc2)OC1(C)C. The van der Waals surface area contributed by atoms with Gasteiger partial charge in [-0.15, -0.1) is 0 Å². The summed E-state index contributed by atoms with van der Waals surface area (Å²) in [7, 11) is -1.61. The van der Waals surface area contributed by atoms with Crippen LogP contribution in [0.2, 0.25) is 5.44 Å². The van der Waals surface area contributed by atoms with Crippen molar-refractivity contribution in [3.05, 3.63) is 96.3 Å². The minimum Gasteiger partial charge on any atom is -0.403 e. The average Bonchev–Trinajstić information content (AvgIpc) is 2.97. The fourth-order valence-corrected chi connectivity index (χ4v) is 7.23. The quantitative estimate of drug-likeness (QED) is 0.528. The van der Waals surface area contributed by atoms with E-state index >= 15 is 0 Å². The molecule has 31 heavy (non-hydrogen) atoms. The van der Waals surface area contributed by atoms with Crippen molar-refractivity contribution in [2.45, 2.75) is 50.8 Å². The van der Waals surface area contributed by atoms with Crippen LogP contribution in [0.5, 0.6) is 0 Å². The van der Waals surface area contributed by atoms with Crippen LogP contribution >= 0.6 is 0 Å². The van der Waals surface area contributed by atoms with Gasteiger partial charge in [0.2, 0.25) is 0 Å². The lowest BCUT2D eigenvalue weighted by molar-refractivity contribution is 0.00578. The zero-order valence-electron chi connectivity index (χ0n) is 18.6. The monoisotopic (exact) mass is 431 g/mol. The van der Waals surface area contributed by atoms with Gasteiger partial charge in [-0.1, -0.05) is 83.2 Å². The van der Waals surface area contributed by atoms with Crippen molar-refractivity contribution in [2.75, 3.05) is 0 Å². The van der Waals surface area contributed by atoms with Crippen LogP contribution in [0.4, 0.5) is 4.39 Å². The van der Waals surface area contributed by atoms with E-state index in [0.717, 1.165) is 12.0 Å². The molecule has 159 valence electrons. The number of rotatable bonds is 6. The number of benzene rings is 3. The van der Waals surface area contributed by atoms with E-state index in [1.807, 2.05) is 12.1 Å². The molecule has 4 rings (SSSR count). The summed E-state index contributed by atoms with van der Waals surface area (Å²) in [4.78, 5) is 0. The molecule has 1 saturated heterocycles. The second-order valence-electron chi connectivity index (χ2n) is 9.21. The van der Waals surface area contributed by atoms with Crippen LogP contribution in [-0.2, 0) is 15.7 Å². The lowest BCUT2D eigenvalue weighted by Gasteiger charge is -2.32. The zero-order chi connectivity index (χ0) is 22.1. The van der Waals surface area contributed by atoms with Crippen LogP contribution < -0.4 is 10.4 Å². The van der Waals surface area contributed by atoms with Crippen LogP contribution in [0.15, 0.2) is 84.9 Å². The molecule has 0 spiro atoms. The van der Waals surface area contributed by atoms with E-state index in [4.69, 9.17) is 9.31 Å². The molecule has 3 aromatic carbocycles. The van der Waals surface area contributed by atoms with Crippen LogP contribution in [0.1, 0.15) is 33.3 Å². The van der Waals surface area contributed by atoms with Crippen LogP contribution in [0, 0.1) is 5.82 Å². The van der Waals surface area contributed by atoms with Gasteiger partial charge in [0, 0.05) is 5.44 Å². The Morgan fingerprint density at radius 3 is 1.65 bits per heavy atom. The van der Waals surface area contributed by atoms with Gasteiger partial charge in [-0.05, 0) is 51.8 Å². The molecule has 2 nitrogen and oxygen atoms in total. The predicted octanol–water partition coefficient (Wildman–Crippen LogP) is 4.68. The highest BCUT2D eigenvalue weighted by Gasteiger charge is 2.55. The van der Waals surface area contributed by atoms with Crippen LogP contribution in [0.3, 0.4) is 0 Å². The molecule has 1 atom stereocenters. The van der Waals surface area contributed by atoms with E-state index in [1.165, 1.54) is 22.5 Å². The molecule has 1 fully saturated rings. The summed E-state index contributed by atoms with van der Waals surface area (Å²) in [6.45, 7) is 8.39. The summed E-state index contributed by atoms with van der Waals surface area (Å²) in [6.07, 6.45) is 0.759. The maximum absolute atomic E-state index is 13.6. The first-order valence-electron chi connectivity index (χ1n) is 10.8. The maximum Gasteiger partial charge on any atom is 0.459 e. The van der Waals surface area contributed by atoms with Gasteiger partial charge < -0.3 is 9.31 Å². The fourth-order valence-electron chi connectivity index (χ4n) is 4.09. The Balaban J connectivity index is 1.80. The molecule has 1 heterocycles. The normalized spacial score (nSPS) is 18.3. The second-order valence-corrected chi connectivity index (χ2v) is 11.9. The molecule has 1 aliphatic heterocycles. The first-order chi connectivity index (χ1) is 14.8. The van der Waals surface area contributed by atoms with Crippen LogP contribution in [-0.4, -0.2) is 27.1 Å². The van der Waals surface area contributed by atoms with Crippen molar-refractivity contribution in [3.8, 4) is 0 Å². The molecule has 0 amide bonds. The molecule has 5 heteroatoms. The summed E-state index contributed by atoms with van der Waals surface area (Å²) in [5.74, 6) is -0.215. The first-order valence-corrected chi connectivity index (χ1v) is 12.4. The molecule has 0 aromatic heterocycles. The van der Waals surface area contributed by atoms with E-state index in [2.05, 4.69) is 88.4 Å². The van der Waals surface area contributed by atoms with Crippen molar-refractivity contribution in [1.82, 2.24) is 0 Å². The average molecular weight is 431 g/mol. The molecule has 1 radical (unpaired) electrons. The summed E-state index contributed by atoms with van der Waals surface area (Å²) >= 11 is 0. The van der Waals surface area contributed by atoms with Gasteiger partial charge in [0.1, 0.15) is 14.6 Å². The Kier molecular flexibility index (Phi) is 6.20. The fraction of sp³-hybridized carbons (Fsp3) is 0.308. The van der Waals surface area contributed by atoms with Gasteiger partial charge in [0.25, 0.3) is 0 Å². The van der Waals surface area contributed by atoms with Crippen molar-refractivity contribution in [2.24, 2.45) is 0 Å². The molecule has 1 aliphatic rings. The molecule has 0 aliphatic carbocycles. The summed E-state index contributed by atoms with van der Waals surface area (Å²) in [6, 6.07) is 28.2. The second kappa shape index (κ2) is 8.73. The van der Waals surface area contributed by atoms with Gasteiger partial charge in [0.05, 0.1) is 11.2 Å². The zero-order valence-corrected chi connectivity index (χ0v) is 19.6. The van der Waals surface area contributed by atoms with E-state index < -0.39 is 20.0 Å².